The van der Waals surface area contributed by atoms with Gasteiger partial charge >= 0.3 is 0 Å². The molecule has 0 spiro atoms. The van der Waals surface area contributed by atoms with Crippen LogP contribution in [0.15, 0.2) is 0 Å². The highest BCUT2D eigenvalue weighted by Gasteiger charge is 1.96. The fourth-order valence-corrected chi connectivity index (χ4v) is 5.37. The van der Waals surface area contributed by atoms with E-state index in [0.29, 0.717) is 0 Å². The van der Waals surface area contributed by atoms with Gasteiger partial charge in [-0.25, -0.2) is 0 Å². The van der Waals surface area contributed by atoms with E-state index in [2.05, 4.69) is 19.2 Å². The molecule has 0 saturated heterocycles. The summed E-state index contributed by atoms with van der Waals surface area (Å²) in [5, 5.41) is 3.68. The standard InChI is InChI=1S/C34H71N.ClH/c1-3-5-7-9-11-13-15-17-19-21-23-25-27-29-31-33-35-34-32-30-28-26-24-22-20-18-16-14-12-10-8-6-4-2;/h35H,3-34H2,1-2H3;1H. The molecule has 0 aromatic rings. The first-order valence-corrected chi connectivity index (χ1v) is 17.1. The highest BCUT2D eigenvalue weighted by Crippen LogP contribution is 2.14. The van der Waals surface area contributed by atoms with E-state index in [1.54, 1.807) is 0 Å². The van der Waals surface area contributed by atoms with E-state index < -0.39 is 0 Å². The molecule has 36 heavy (non-hydrogen) atoms. The molecule has 0 amide bonds. The normalized spacial score (nSPS) is 11.2. The molecular formula is C34H72ClN. The fraction of sp³-hybridized carbons (Fsp3) is 1.00. The van der Waals surface area contributed by atoms with Crippen molar-refractivity contribution in [3.63, 3.8) is 0 Å². The topological polar surface area (TPSA) is 12.0 Å². The van der Waals surface area contributed by atoms with Crippen LogP contribution in [0.3, 0.4) is 0 Å². The predicted octanol–water partition coefficient (Wildman–Crippen LogP) is 12.7. The van der Waals surface area contributed by atoms with Gasteiger partial charge in [0.2, 0.25) is 0 Å². The monoisotopic (exact) mass is 530 g/mol. The number of unbranched alkanes of at least 4 members (excludes halogenated alkanes) is 28. The highest BCUT2D eigenvalue weighted by molar-refractivity contribution is 5.85. The molecule has 1 N–H and O–H groups in total. The first kappa shape index (κ1) is 38.4. The number of nitrogens with one attached hydrogen (secondary N) is 1. The second-order valence-electron chi connectivity index (χ2n) is 11.6. The number of hydrogen-bond acceptors (Lipinski definition) is 1. The van der Waals surface area contributed by atoms with Gasteiger partial charge in [-0.05, 0) is 25.9 Å². The highest BCUT2D eigenvalue weighted by atomic mass is 35.5. The summed E-state index contributed by atoms with van der Waals surface area (Å²) < 4.78 is 0. The van der Waals surface area contributed by atoms with E-state index >= 15 is 0 Å². The Morgan fingerprint density at radius 2 is 0.417 bits per heavy atom. The molecule has 0 radical (unpaired) electrons. The predicted molar refractivity (Wildman–Crippen MR) is 170 cm³/mol. The molecule has 0 unspecified atom stereocenters. The second kappa shape index (κ2) is 37.4. The molecule has 1 nitrogen and oxygen atoms in total. The Morgan fingerprint density at radius 1 is 0.250 bits per heavy atom. The molecule has 0 bridgehead atoms. The first-order chi connectivity index (χ1) is 17.4. The van der Waals surface area contributed by atoms with Gasteiger partial charge in [0.25, 0.3) is 0 Å². The Kier molecular flexibility index (Phi) is 39.9. The van der Waals surface area contributed by atoms with E-state index in [0.717, 1.165) is 0 Å². The average Bonchev–Trinajstić information content (AvgIpc) is 2.87. The van der Waals surface area contributed by atoms with Crippen LogP contribution < -0.4 is 5.32 Å². The summed E-state index contributed by atoms with van der Waals surface area (Å²) in [6.45, 7) is 7.10. The van der Waals surface area contributed by atoms with Crippen molar-refractivity contribution in [1.29, 1.82) is 0 Å². The molecule has 2 heteroatoms. The molecule has 0 saturated carbocycles. The molecule has 0 rings (SSSR count). The van der Waals surface area contributed by atoms with Gasteiger partial charge in [-0.2, -0.15) is 0 Å². The number of rotatable bonds is 32. The van der Waals surface area contributed by atoms with Gasteiger partial charge in [-0.1, -0.05) is 194 Å². The molecule has 0 aromatic carbocycles. The summed E-state index contributed by atoms with van der Waals surface area (Å²) in [5.74, 6) is 0. The third kappa shape index (κ3) is 36.4. The molecule has 0 heterocycles. The second-order valence-corrected chi connectivity index (χ2v) is 11.6. The van der Waals surface area contributed by atoms with Crippen LogP contribution in [0.5, 0.6) is 0 Å². The molecular weight excluding hydrogens is 458 g/mol. The van der Waals surface area contributed by atoms with Gasteiger partial charge in [-0.15, -0.1) is 12.4 Å². The summed E-state index contributed by atoms with van der Waals surface area (Å²) >= 11 is 0. The van der Waals surface area contributed by atoms with Crippen LogP contribution in [0.4, 0.5) is 0 Å². The minimum Gasteiger partial charge on any atom is -0.317 e. The van der Waals surface area contributed by atoms with Crippen LogP contribution in [0.2, 0.25) is 0 Å². The maximum atomic E-state index is 3.68. The molecule has 0 aliphatic carbocycles. The Labute approximate surface area is 236 Å². The van der Waals surface area contributed by atoms with Crippen LogP contribution in [0, 0.1) is 0 Å². The number of halogens is 1. The van der Waals surface area contributed by atoms with Crippen LogP contribution in [0.25, 0.3) is 0 Å². The maximum Gasteiger partial charge on any atom is -0.00489 e. The van der Waals surface area contributed by atoms with Crippen LogP contribution in [0.1, 0.15) is 206 Å². The van der Waals surface area contributed by atoms with E-state index in [-0.39, 0.29) is 12.4 Å². The van der Waals surface area contributed by atoms with Crippen molar-refractivity contribution in [2.24, 2.45) is 0 Å². The summed E-state index contributed by atoms with van der Waals surface area (Å²) in [4.78, 5) is 0. The van der Waals surface area contributed by atoms with E-state index in [9.17, 15) is 0 Å². The van der Waals surface area contributed by atoms with Gasteiger partial charge in [0.15, 0.2) is 0 Å². The van der Waals surface area contributed by atoms with Crippen molar-refractivity contribution in [2.45, 2.75) is 206 Å². The average molecular weight is 530 g/mol. The summed E-state index contributed by atoms with van der Waals surface area (Å²) in [6.07, 6.45) is 43.7. The lowest BCUT2D eigenvalue weighted by molar-refractivity contribution is 0.516. The minimum atomic E-state index is 0. The van der Waals surface area contributed by atoms with Gasteiger partial charge in [0.05, 0.1) is 0 Å². The summed E-state index contributed by atoms with van der Waals surface area (Å²) in [5.41, 5.74) is 0. The zero-order valence-corrected chi connectivity index (χ0v) is 26.4. The first-order valence-electron chi connectivity index (χ1n) is 17.1. The Hall–Kier alpha value is 0.250. The molecule has 0 aromatic heterocycles. The molecule has 0 atom stereocenters. The van der Waals surface area contributed by atoms with Gasteiger partial charge in [0.1, 0.15) is 0 Å². The SMILES string of the molecule is CCCCCCCCCCCCCCCCCNCCCCCCCCCCCCCCCCC.Cl. The summed E-state index contributed by atoms with van der Waals surface area (Å²) in [6, 6.07) is 0. The maximum absolute atomic E-state index is 3.68. The van der Waals surface area contributed by atoms with Crippen LogP contribution in [-0.4, -0.2) is 13.1 Å². The van der Waals surface area contributed by atoms with Crippen LogP contribution in [-0.2, 0) is 0 Å². The Bertz CT molecular complexity index is 314. The lowest BCUT2D eigenvalue weighted by Gasteiger charge is -2.06. The zero-order chi connectivity index (χ0) is 25.3. The summed E-state index contributed by atoms with van der Waals surface area (Å²) in [7, 11) is 0. The van der Waals surface area contributed by atoms with Crippen LogP contribution >= 0.6 is 12.4 Å². The van der Waals surface area contributed by atoms with Gasteiger partial charge in [0, 0.05) is 0 Å². The lowest BCUT2D eigenvalue weighted by Crippen LogP contribution is -2.16. The fourth-order valence-electron chi connectivity index (χ4n) is 5.37. The van der Waals surface area contributed by atoms with E-state index in [1.807, 2.05) is 0 Å². The largest absolute Gasteiger partial charge is 0.317 e. The molecule has 0 fully saturated rings. The Balaban J connectivity index is 0. The Morgan fingerprint density at radius 3 is 0.611 bits per heavy atom. The van der Waals surface area contributed by atoms with Crippen molar-refractivity contribution in [1.82, 2.24) is 5.32 Å². The lowest BCUT2D eigenvalue weighted by atomic mass is 10.0. The van der Waals surface area contributed by atoms with Crippen molar-refractivity contribution in [2.75, 3.05) is 13.1 Å². The van der Waals surface area contributed by atoms with E-state index in [1.165, 1.54) is 206 Å². The smallest absolute Gasteiger partial charge is 0.00489 e. The zero-order valence-electron chi connectivity index (χ0n) is 25.5. The number of hydrogen-bond donors (Lipinski definition) is 1. The van der Waals surface area contributed by atoms with Gasteiger partial charge in [-0.3, -0.25) is 0 Å². The van der Waals surface area contributed by atoms with Crippen molar-refractivity contribution < 1.29 is 0 Å². The third-order valence-corrected chi connectivity index (χ3v) is 7.91. The van der Waals surface area contributed by atoms with E-state index in [4.69, 9.17) is 0 Å². The van der Waals surface area contributed by atoms with Gasteiger partial charge < -0.3 is 5.32 Å². The quantitative estimate of drug-likeness (QED) is 0.0853. The molecule has 0 aliphatic rings. The molecule has 220 valence electrons. The minimum absolute atomic E-state index is 0. The molecule has 0 aliphatic heterocycles. The van der Waals surface area contributed by atoms with Crippen molar-refractivity contribution >= 4 is 12.4 Å². The third-order valence-electron chi connectivity index (χ3n) is 7.91. The van der Waals surface area contributed by atoms with Crippen molar-refractivity contribution in [3.8, 4) is 0 Å². The van der Waals surface area contributed by atoms with Crippen molar-refractivity contribution in [3.05, 3.63) is 0 Å².